The largest absolute Gasteiger partial charge is 0.463 e. The Labute approximate surface area is 80.2 Å². The summed E-state index contributed by atoms with van der Waals surface area (Å²) in [5.41, 5.74) is 6.42. The van der Waals surface area contributed by atoms with E-state index in [2.05, 4.69) is 4.98 Å². The van der Waals surface area contributed by atoms with Crippen LogP contribution in [0.4, 0.5) is 0 Å². The van der Waals surface area contributed by atoms with Gasteiger partial charge in [0.25, 0.3) is 0 Å². The molecule has 0 amide bonds. The summed E-state index contributed by atoms with van der Waals surface area (Å²) >= 11 is 1.62. The van der Waals surface area contributed by atoms with Gasteiger partial charge in [-0.2, -0.15) is 0 Å². The summed E-state index contributed by atoms with van der Waals surface area (Å²) in [6, 6.07) is 3.76. The maximum absolute atomic E-state index is 5.50. The van der Waals surface area contributed by atoms with E-state index in [1.54, 1.807) is 17.6 Å². The second-order valence-corrected chi connectivity index (χ2v) is 3.98. The molecule has 2 aromatic rings. The number of thiazole rings is 1. The molecule has 2 N–H and O–H groups in total. The van der Waals surface area contributed by atoms with Gasteiger partial charge in [-0.15, -0.1) is 11.3 Å². The number of aromatic nitrogens is 1. The van der Waals surface area contributed by atoms with E-state index in [4.69, 9.17) is 10.2 Å². The fourth-order valence-electron chi connectivity index (χ4n) is 1.18. The normalized spacial score (nSPS) is 10.6. The zero-order valence-corrected chi connectivity index (χ0v) is 8.10. The summed E-state index contributed by atoms with van der Waals surface area (Å²) in [5, 5.41) is 0.948. The second kappa shape index (κ2) is 3.32. The smallest absolute Gasteiger partial charge is 0.153 e. The highest BCUT2D eigenvalue weighted by atomic mass is 32.1. The quantitative estimate of drug-likeness (QED) is 0.797. The Balaban J connectivity index is 2.46. The molecule has 0 spiro atoms. The number of nitrogens with two attached hydrogens (primary N) is 1. The molecular weight excluding hydrogens is 184 g/mol. The van der Waals surface area contributed by atoms with Crippen LogP contribution >= 0.6 is 11.3 Å². The van der Waals surface area contributed by atoms with Gasteiger partial charge < -0.3 is 10.2 Å². The molecule has 2 heterocycles. The second-order valence-electron chi connectivity index (χ2n) is 2.69. The molecule has 0 bridgehead atoms. The summed E-state index contributed by atoms with van der Waals surface area (Å²) in [6.45, 7) is 2.51. The van der Waals surface area contributed by atoms with Crippen LogP contribution in [-0.4, -0.2) is 4.98 Å². The molecule has 0 atom stereocenters. The molecule has 3 nitrogen and oxygen atoms in total. The van der Waals surface area contributed by atoms with Crippen molar-refractivity contribution in [2.45, 2.75) is 13.5 Å². The first-order valence-corrected chi connectivity index (χ1v) is 4.83. The Kier molecular flexibility index (Phi) is 2.16. The molecule has 13 heavy (non-hydrogen) atoms. The Bertz CT molecular complexity index is 392. The highest BCUT2D eigenvalue weighted by Crippen LogP contribution is 2.27. The Morgan fingerprint density at radius 3 is 3.00 bits per heavy atom. The van der Waals surface area contributed by atoms with Crippen molar-refractivity contribution in [1.82, 2.24) is 4.98 Å². The number of furan rings is 1. The van der Waals surface area contributed by atoms with E-state index in [0.717, 1.165) is 21.3 Å². The van der Waals surface area contributed by atoms with Gasteiger partial charge in [0.05, 0.1) is 6.26 Å². The van der Waals surface area contributed by atoms with Crippen LogP contribution < -0.4 is 5.73 Å². The van der Waals surface area contributed by atoms with Crippen molar-refractivity contribution in [3.63, 3.8) is 0 Å². The number of hydrogen-bond donors (Lipinski definition) is 1. The zero-order chi connectivity index (χ0) is 9.26. The first kappa shape index (κ1) is 8.47. The van der Waals surface area contributed by atoms with Gasteiger partial charge in [-0.1, -0.05) is 0 Å². The summed E-state index contributed by atoms with van der Waals surface area (Å²) < 4.78 is 5.26. The van der Waals surface area contributed by atoms with E-state index in [1.165, 1.54) is 0 Å². The maximum atomic E-state index is 5.50. The molecule has 0 aliphatic rings. The monoisotopic (exact) mass is 194 g/mol. The lowest BCUT2D eigenvalue weighted by molar-refractivity contribution is 0.580. The van der Waals surface area contributed by atoms with Gasteiger partial charge in [-0.05, 0) is 19.1 Å². The van der Waals surface area contributed by atoms with Gasteiger partial charge in [-0.3, -0.25) is 0 Å². The molecule has 0 aliphatic carbocycles. The van der Waals surface area contributed by atoms with Crippen LogP contribution in [0.25, 0.3) is 11.5 Å². The average molecular weight is 194 g/mol. The van der Waals surface area contributed by atoms with Gasteiger partial charge in [0.15, 0.2) is 5.76 Å². The third kappa shape index (κ3) is 1.50. The molecule has 68 valence electrons. The van der Waals surface area contributed by atoms with Crippen molar-refractivity contribution >= 4 is 11.3 Å². The van der Waals surface area contributed by atoms with Crippen LogP contribution in [-0.2, 0) is 6.54 Å². The molecule has 0 aromatic carbocycles. The Morgan fingerprint density at radius 1 is 1.62 bits per heavy atom. The topological polar surface area (TPSA) is 52.0 Å². The first-order valence-electron chi connectivity index (χ1n) is 4.01. The summed E-state index contributed by atoms with van der Waals surface area (Å²) in [4.78, 5) is 5.52. The summed E-state index contributed by atoms with van der Waals surface area (Å²) in [5.74, 6) is 0.813. The first-order chi connectivity index (χ1) is 6.31. The van der Waals surface area contributed by atoms with Gasteiger partial charge in [-0.25, -0.2) is 4.98 Å². The van der Waals surface area contributed by atoms with E-state index in [9.17, 15) is 0 Å². The molecule has 0 saturated carbocycles. The zero-order valence-electron chi connectivity index (χ0n) is 7.28. The van der Waals surface area contributed by atoms with Crippen molar-refractivity contribution in [2.24, 2.45) is 5.73 Å². The van der Waals surface area contributed by atoms with Crippen LogP contribution in [0.2, 0.25) is 0 Å². The Morgan fingerprint density at radius 2 is 2.46 bits per heavy atom. The average Bonchev–Trinajstić information content (AvgIpc) is 2.72. The van der Waals surface area contributed by atoms with Crippen LogP contribution in [0.5, 0.6) is 0 Å². The third-order valence-electron chi connectivity index (χ3n) is 1.77. The lowest BCUT2D eigenvalue weighted by Crippen LogP contribution is -1.94. The van der Waals surface area contributed by atoms with E-state index >= 15 is 0 Å². The number of nitrogens with zero attached hydrogens (tertiary/aromatic N) is 1. The third-order valence-corrected chi connectivity index (χ3v) is 2.76. The van der Waals surface area contributed by atoms with Crippen molar-refractivity contribution in [3.8, 4) is 11.5 Å². The molecule has 0 unspecified atom stereocenters. The minimum absolute atomic E-state index is 0.492. The maximum Gasteiger partial charge on any atom is 0.153 e. The molecule has 0 fully saturated rings. The Hall–Kier alpha value is -1.13. The van der Waals surface area contributed by atoms with E-state index in [1.807, 2.05) is 19.1 Å². The standard InChI is InChI=1S/C9H10N2OS/c1-6-9(7-3-2-4-12-7)11-8(5-10)13-6/h2-4H,5,10H2,1H3. The van der Waals surface area contributed by atoms with Gasteiger partial charge in [0.2, 0.25) is 0 Å². The lowest BCUT2D eigenvalue weighted by Gasteiger charge is -1.89. The lowest BCUT2D eigenvalue weighted by atomic mass is 10.3. The number of aryl methyl sites for hydroxylation is 1. The summed E-state index contributed by atoms with van der Waals surface area (Å²) in [6.07, 6.45) is 1.65. The van der Waals surface area contributed by atoms with Crippen molar-refractivity contribution in [2.75, 3.05) is 0 Å². The van der Waals surface area contributed by atoms with Gasteiger partial charge >= 0.3 is 0 Å². The van der Waals surface area contributed by atoms with Gasteiger partial charge in [0.1, 0.15) is 10.7 Å². The van der Waals surface area contributed by atoms with E-state index in [-0.39, 0.29) is 0 Å². The van der Waals surface area contributed by atoms with E-state index < -0.39 is 0 Å². The van der Waals surface area contributed by atoms with Crippen molar-refractivity contribution in [3.05, 3.63) is 28.3 Å². The highest BCUT2D eigenvalue weighted by Gasteiger charge is 2.10. The van der Waals surface area contributed by atoms with Crippen molar-refractivity contribution < 1.29 is 4.42 Å². The molecule has 0 radical (unpaired) electrons. The highest BCUT2D eigenvalue weighted by molar-refractivity contribution is 7.12. The minimum atomic E-state index is 0.492. The molecule has 0 aliphatic heterocycles. The van der Waals surface area contributed by atoms with Crippen molar-refractivity contribution in [1.29, 1.82) is 0 Å². The molecular formula is C9H10N2OS. The SMILES string of the molecule is Cc1sc(CN)nc1-c1ccco1. The van der Waals surface area contributed by atoms with Gasteiger partial charge in [0, 0.05) is 11.4 Å². The molecule has 4 heteroatoms. The van der Waals surface area contributed by atoms with Crippen LogP contribution in [0.3, 0.4) is 0 Å². The molecule has 2 rings (SSSR count). The molecule has 0 saturated heterocycles. The molecule has 2 aromatic heterocycles. The minimum Gasteiger partial charge on any atom is -0.463 e. The predicted octanol–water partition coefficient (Wildman–Crippen LogP) is 2.17. The predicted molar refractivity (Wildman–Crippen MR) is 52.4 cm³/mol. The summed E-state index contributed by atoms with van der Waals surface area (Å²) in [7, 11) is 0. The fraction of sp³-hybridized carbons (Fsp3) is 0.222. The van der Waals surface area contributed by atoms with Crippen LogP contribution in [0.15, 0.2) is 22.8 Å². The van der Waals surface area contributed by atoms with Crippen LogP contribution in [0, 0.1) is 6.92 Å². The number of rotatable bonds is 2. The van der Waals surface area contributed by atoms with E-state index in [0.29, 0.717) is 6.54 Å². The fourth-order valence-corrected chi connectivity index (χ4v) is 2.00. The van der Waals surface area contributed by atoms with Crippen LogP contribution in [0.1, 0.15) is 9.88 Å². The number of hydrogen-bond acceptors (Lipinski definition) is 4.